The van der Waals surface area contributed by atoms with Crippen LogP contribution in [-0.4, -0.2) is 16.3 Å². The summed E-state index contributed by atoms with van der Waals surface area (Å²) in [4.78, 5) is 18.9. The van der Waals surface area contributed by atoms with Gasteiger partial charge >= 0.3 is 0 Å². The summed E-state index contributed by atoms with van der Waals surface area (Å²) in [6.45, 7) is 1.63. The number of benzene rings is 1. The van der Waals surface area contributed by atoms with Crippen LogP contribution < -0.4 is 5.32 Å². The molecule has 0 aliphatic carbocycles. The van der Waals surface area contributed by atoms with Crippen molar-refractivity contribution < 1.29 is 9.18 Å². The second kappa shape index (κ2) is 5.50. The molecule has 0 saturated heterocycles. The first-order valence-corrected chi connectivity index (χ1v) is 5.98. The molecular formula is C12H8Cl2FN3O. The molecule has 1 aromatic heterocycles. The first-order valence-electron chi connectivity index (χ1n) is 5.22. The highest BCUT2D eigenvalue weighted by Crippen LogP contribution is 2.25. The van der Waals surface area contributed by atoms with Crippen molar-refractivity contribution in [2.24, 2.45) is 0 Å². The van der Waals surface area contributed by atoms with Crippen molar-refractivity contribution >= 4 is 41.0 Å². The molecule has 2 aromatic rings. The van der Waals surface area contributed by atoms with Gasteiger partial charge in [-0.15, -0.1) is 0 Å². The largest absolute Gasteiger partial charge is 0.339 e. The Morgan fingerprint density at radius 1 is 1.32 bits per heavy atom. The SMILES string of the molecule is Cc1nc(Cl)c(C=O)c(Nc2ccc(Cl)c(F)c2)n1. The van der Waals surface area contributed by atoms with Crippen molar-refractivity contribution in [2.45, 2.75) is 6.92 Å². The number of aldehydes is 1. The lowest BCUT2D eigenvalue weighted by Gasteiger charge is -2.09. The van der Waals surface area contributed by atoms with Crippen LogP contribution in [0.4, 0.5) is 15.9 Å². The van der Waals surface area contributed by atoms with Crippen LogP contribution >= 0.6 is 23.2 Å². The van der Waals surface area contributed by atoms with Gasteiger partial charge in [-0.25, -0.2) is 14.4 Å². The fourth-order valence-corrected chi connectivity index (χ4v) is 1.83. The van der Waals surface area contributed by atoms with Crippen molar-refractivity contribution in [2.75, 3.05) is 5.32 Å². The lowest BCUT2D eigenvalue weighted by Crippen LogP contribution is -2.03. The van der Waals surface area contributed by atoms with Gasteiger partial charge in [-0.05, 0) is 25.1 Å². The first-order chi connectivity index (χ1) is 9.01. The van der Waals surface area contributed by atoms with Crippen LogP contribution in [0.3, 0.4) is 0 Å². The van der Waals surface area contributed by atoms with E-state index in [-0.39, 0.29) is 21.6 Å². The van der Waals surface area contributed by atoms with E-state index >= 15 is 0 Å². The third-order valence-electron chi connectivity index (χ3n) is 2.31. The van der Waals surface area contributed by atoms with E-state index in [9.17, 15) is 9.18 Å². The maximum Gasteiger partial charge on any atom is 0.156 e. The molecule has 1 heterocycles. The summed E-state index contributed by atoms with van der Waals surface area (Å²) >= 11 is 11.4. The molecule has 0 atom stereocenters. The number of carbonyl (C=O) groups is 1. The van der Waals surface area contributed by atoms with Crippen LogP contribution in [0.5, 0.6) is 0 Å². The molecule has 1 aromatic carbocycles. The molecule has 0 aliphatic rings. The first kappa shape index (κ1) is 13.7. The highest BCUT2D eigenvalue weighted by Gasteiger charge is 2.12. The van der Waals surface area contributed by atoms with E-state index in [4.69, 9.17) is 23.2 Å². The average molecular weight is 300 g/mol. The molecule has 0 radical (unpaired) electrons. The summed E-state index contributed by atoms with van der Waals surface area (Å²) in [5, 5.41) is 2.86. The molecule has 7 heteroatoms. The van der Waals surface area contributed by atoms with Gasteiger partial charge < -0.3 is 5.32 Å². The highest BCUT2D eigenvalue weighted by molar-refractivity contribution is 6.32. The number of halogens is 3. The Bertz CT molecular complexity index is 649. The quantitative estimate of drug-likeness (QED) is 0.692. The third kappa shape index (κ3) is 3.00. The van der Waals surface area contributed by atoms with E-state index in [1.165, 1.54) is 12.1 Å². The number of nitrogens with one attached hydrogen (secondary N) is 1. The van der Waals surface area contributed by atoms with Crippen molar-refractivity contribution in [1.29, 1.82) is 0 Å². The number of aromatic nitrogens is 2. The number of hydrogen-bond donors (Lipinski definition) is 1. The Labute approximate surface area is 118 Å². The van der Waals surface area contributed by atoms with Gasteiger partial charge in [0.05, 0.1) is 10.6 Å². The van der Waals surface area contributed by atoms with E-state index in [0.29, 0.717) is 17.8 Å². The smallest absolute Gasteiger partial charge is 0.156 e. The molecule has 0 fully saturated rings. The highest BCUT2D eigenvalue weighted by atomic mass is 35.5. The molecule has 1 N–H and O–H groups in total. The van der Waals surface area contributed by atoms with Gasteiger partial charge in [-0.1, -0.05) is 23.2 Å². The molecular weight excluding hydrogens is 292 g/mol. The van der Waals surface area contributed by atoms with Gasteiger partial charge in [0.15, 0.2) is 6.29 Å². The zero-order chi connectivity index (χ0) is 14.0. The minimum Gasteiger partial charge on any atom is -0.339 e. The molecule has 0 saturated carbocycles. The molecule has 0 amide bonds. The fourth-order valence-electron chi connectivity index (χ4n) is 1.46. The van der Waals surface area contributed by atoms with Crippen molar-refractivity contribution in [3.63, 3.8) is 0 Å². The van der Waals surface area contributed by atoms with Crippen LogP contribution in [0.25, 0.3) is 0 Å². The lowest BCUT2D eigenvalue weighted by atomic mass is 10.2. The topological polar surface area (TPSA) is 54.9 Å². The number of anilines is 2. The van der Waals surface area contributed by atoms with Gasteiger partial charge in [0.1, 0.15) is 22.6 Å². The summed E-state index contributed by atoms with van der Waals surface area (Å²) in [7, 11) is 0. The van der Waals surface area contributed by atoms with Crippen molar-refractivity contribution in [1.82, 2.24) is 9.97 Å². The maximum absolute atomic E-state index is 13.3. The zero-order valence-corrected chi connectivity index (χ0v) is 11.3. The second-order valence-electron chi connectivity index (χ2n) is 3.70. The van der Waals surface area contributed by atoms with Crippen LogP contribution in [-0.2, 0) is 0 Å². The Morgan fingerprint density at radius 3 is 2.68 bits per heavy atom. The molecule has 0 bridgehead atoms. The monoisotopic (exact) mass is 299 g/mol. The maximum atomic E-state index is 13.3. The van der Waals surface area contributed by atoms with E-state index in [1.54, 1.807) is 13.0 Å². The number of nitrogens with zero attached hydrogens (tertiary/aromatic N) is 2. The average Bonchev–Trinajstić information content (AvgIpc) is 2.33. The van der Waals surface area contributed by atoms with E-state index in [1.807, 2.05) is 0 Å². The number of aryl methyl sites for hydroxylation is 1. The Morgan fingerprint density at radius 2 is 2.05 bits per heavy atom. The zero-order valence-electron chi connectivity index (χ0n) is 9.75. The number of rotatable bonds is 3. The molecule has 0 aliphatic heterocycles. The Hall–Kier alpha value is -1.72. The molecule has 4 nitrogen and oxygen atoms in total. The van der Waals surface area contributed by atoms with E-state index < -0.39 is 5.82 Å². The molecule has 2 rings (SSSR count). The molecule has 0 unspecified atom stereocenters. The predicted octanol–water partition coefficient (Wildman–Crippen LogP) is 3.79. The molecule has 98 valence electrons. The minimum absolute atomic E-state index is 0.0121. The Kier molecular flexibility index (Phi) is 3.97. The van der Waals surface area contributed by atoms with Gasteiger partial charge in [0.25, 0.3) is 0 Å². The van der Waals surface area contributed by atoms with Crippen molar-refractivity contribution in [3.05, 3.63) is 45.6 Å². The molecule has 0 spiro atoms. The van der Waals surface area contributed by atoms with Crippen LogP contribution in [0.15, 0.2) is 18.2 Å². The second-order valence-corrected chi connectivity index (χ2v) is 4.46. The summed E-state index contributed by atoms with van der Waals surface area (Å²) in [5.74, 6) is 0.0398. The van der Waals surface area contributed by atoms with E-state index in [0.717, 1.165) is 0 Å². The van der Waals surface area contributed by atoms with Crippen LogP contribution in [0.2, 0.25) is 10.2 Å². The lowest BCUT2D eigenvalue weighted by molar-refractivity contribution is 0.112. The van der Waals surface area contributed by atoms with Crippen LogP contribution in [0.1, 0.15) is 16.2 Å². The summed E-state index contributed by atoms with van der Waals surface area (Å²) in [5.41, 5.74) is 0.516. The predicted molar refractivity (Wildman–Crippen MR) is 71.9 cm³/mol. The Balaban J connectivity index is 2.42. The van der Waals surface area contributed by atoms with Gasteiger partial charge in [0.2, 0.25) is 0 Å². The summed E-state index contributed by atoms with van der Waals surface area (Å²) in [6.07, 6.45) is 0.538. The van der Waals surface area contributed by atoms with Gasteiger partial charge in [-0.3, -0.25) is 4.79 Å². The van der Waals surface area contributed by atoms with E-state index in [2.05, 4.69) is 15.3 Å². The number of carbonyl (C=O) groups excluding carboxylic acids is 1. The van der Waals surface area contributed by atoms with Crippen molar-refractivity contribution in [3.8, 4) is 0 Å². The summed E-state index contributed by atoms with van der Waals surface area (Å²) in [6, 6.07) is 4.16. The minimum atomic E-state index is -0.573. The normalized spacial score (nSPS) is 10.3. The molecule has 19 heavy (non-hydrogen) atoms. The fraction of sp³-hybridized carbons (Fsp3) is 0.0833. The van der Waals surface area contributed by atoms with Crippen LogP contribution in [0, 0.1) is 12.7 Å². The van der Waals surface area contributed by atoms with Gasteiger partial charge in [0, 0.05) is 5.69 Å². The number of hydrogen-bond acceptors (Lipinski definition) is 4. The summed E-state index contributed by atoms with van der Waals surface area (Å²) < 4.78 is 13.3. The third-order valence-corrected chi connectivity index (χ3v) is 2.91. The van der Waals surface area contributed by atoms with Gasteiger partial charge in [-0.2, -0.15) is 0 Å². The standard InChI is InChI=1S/C12H8Cl2FN3O/c1-6-16-11(14)8(5-19)12(17-6)18-7-2-3-9(13)10(15)4-7/h2-5H,1H3,(H,16,17,18).